The lowest BCUT2D eigenvalue weighted by atomic mass is 10.1. The van der Waals surface area contributed by atoms with Crippen molar-refractivity contribution in [1.82, 2.24) is 4.72 Å². The maximum atomic E-state index is 13.8. The van der Waals surface area contributed by atoms with E-state index in [1.54, 1.807) is 0 Å². The second-order valence-corrected chi connectivity index (χ2v) is 7.06. The van der Waals surface area contributed by atoms with Crippen LogP contribution in [0.15, 0.2) is 17.0 Å². The highest BCUT2D eigenvalue weighted by atomic mass is 35.5. The van der Waals surface area contributed by atoms with Gasteiger partial charge in [-0.1, -0.05) is 24.9 Å². The molecule has 0 radical (unpaired) electrons. The third-order valence-electron chi connectivity index (χ3n) is 3.49. The molecule has 3 N–H and O–H groups in total. The standard InChI is InChI=1S/C12H16ClFN2O2S/c1-7-3-2-4-10(7)16-19(17,18)11-6-8(13)5-9(15)12(11)14/h5-7,10,16H,2-4,15H2,1H3. The van der Waals surface area contributed by atoms with E-state index < -0.39 is 20.7 Å². The first-order valence-electron chi connectivity index (χ1n) is 6.08. The summed E-state index contributed by atoms with van der Waals surface area (Å²) in [6, 6.07) is 2.10. The molecule has 1 saturated carbocycles. The van der Waals surface area contributed by atoms with Gasteiger partial charge < -0.3 is 5.73 Å². The lowest BCUT2D eigenvalue weighted by molar-refractivity contribution is 0.473. The monoisotopic (exact) mass is 306 g/mol. The number of hydrogen-bond acceptors (Lipinski definition) is 3. The molecule has 0 amide bonds. The second-order valence-electron chi connectivity index (χ2n) is 4.94. The molecule has 1 aromatic carbocycles. The number of rotatable bonds is 3. The van der Waals surface area contributed by atoms with Crippen LogP contribution in [-0.2, 0) is 10.0 Å². The highest BCUT2D eigenvalue weighted by Gasteiger charge is 2.30. The van der Waals surface area contributed by atoms with Crippen molar-refractivity contribution in [2.24, 2.45) is 5.92 Å². The van der Waals surface area contributed by atoms with Crippen LogP contribution in [0.1, 0.15) is 26.2 Å². The summed E-state index contributed by atoms with van der Waals surface area (Å²) < 4.78 is 40.8. The van der Waals surface area contributed by atoms with Crippen molar-refractivity contribution in [3.8, 4) is 0 Å². The van der Waals surface area contributed by atoms with Gasteiger partial charge in [0.25, 0.3) is 0 Å². The Balaban J connectivity index is 2.34. The maximum Gasteiger partial charge on any atom is 0.243 e. The summed E-state index contributed by atoms with van der Waals surface area (Å²) in [5.74, 6) is -0.711. The van der Waals surface area contributed by atoms with Gasteiger partial charge in [-0.05, 0) is 30.9 Å². The van der Waals surface area contributed by atoms with Gasteiger partial charge in [0.05, 0.1) is 5.69 Å². The molecule has 0 aliphatic heterocycles. The number of nitrogens with two attached hydrogens (primary N) is 1. The van der Waals surface area contributed by atoms with Crippen LogP contribution in [0.25, 0.3) is 0 Å². The third kappa shape index (κ3) is 3.01. The molecule has 19 heavy (non-hydrogen) atoms. The Morgan fingerprint density at radius 2 is 2.11 bits per heavy atom. The van der Waals surface area contributed by atoms with E-state index in [1.165, 1.54) is 6.07 Å². The number of halogens is 2. The molecule has 106 valence electrons. The smallest absolute Gasteiger partial charge is 0.243 e. The highest BCUT2D eigenvalue weighted by Crippen LogP contribution is 2.29. The molecule has 0 heterocycles. The van der Waals surface area contributed by atoms with E-state index in [2.05, 4.69) is 4.72 Å². The summed E-state index contributed by atoms with van der Waals surface area (Å²) in [7, 11) is -3.94. The van der Waals surface area contributed by atoms with Crippen molar-refractivity contribution in [1.29, 1.82) is 0 Å². The molecule has 1 aliphatic rings. The van der Waals surface area contributed by atoms with Crippen LogP contribution < -0.4 is 10.5 Å². The van der Waals surface area contributed by atoms with Crippen molar-refractivity contribution in [2.45, 2.75) is 37.1 Å². The molecular formula is C12H16ClFN2O2S. The average molecular weight is 307 g/mol. The number of nitrogens with one attached hydrogen (secondary N) is 1. The van der Waals surface area contributed by atoms with E-state index in [0.717, 1.165) is 25.3 Å². The van der Waals surface area contributed by atoms with E-state index in [1.807, 2.05) is 6.92 Å². The van der Waals surface area contributed by atoms with Crippen LogP contribution >= 0.6 is 11.6 Å². The molecule has 0 bridgehead atoms. The van der Waals surface area contributed by atoms with Gasteiger partial charge >= 0.3 is 0 Å². The Kier molecular flexibility index (Phi) is 4.03. The van der Waals surface area contributed by atoms with Crippen LogP contribution in [-0.4, -0.2) is 14.5 Å². The minimum atomic E-state index is -3.94. The molecule has 2 unspecified atom stereocenters. The molecule has 7 heteroatoms. The summed E-state index contributed by atoms with van der Waals surface area (Å²) in [4.78, 5) is -0.489. The molecule has 1 aromatic rings. The van der Waals surface area contributed by atoms with Crippen LogP contribution in [0.4, 0.5) is 10.1 Å². The van der Waals surface area contributed by atoms with Crippen LogP contribution in [0.3, 0.4) is 0 Å². The van der Waals surface area contributed by atoms with Gasteiger partial charge in [-0.2, -0.15) is 0 Å². The first-order chi connectivity index (χ1) is 8.81. The predicted octanol–water partition coefficient (Wildman–Crippen LogP) is 2.53. The second kappa shape index (κ2) is 5.26. The number of nitrogen functional groups attached to an aromatic ring is 1. The molecule has 4 nitrogen and oxygen atoms in total. The van der Waals surface area contributed by atoms with Crippen LogP contribution in [0, 0.1) is 11.7 Å². The van der Waals surface area contributed by atoms with Crippen LogP contribution in [0.2, 0.25) is 5.02 Å². The fraction of sp³-hybridized carbons (Fsp3) is 0.500. The van der Waals surface area contributed by atoms with Crippen molar-refractivity contribution in [3.63, 3.8) is 0 Å². The lowest BCUT2D eigenvalue weighted by Gasteiger charge is -2.18. The first-order valence-corrected chi connectivity index (χ1v) is 7.94. The number of sulfonamides is 1. The van der Waals surface area contributed by atoms with Crippen molar-refractivity contribution in [2.75, 3.05) is 5.73 Å². The van der Waals surface area contributed by atoms with E-state index in [-0.39, 0.29) is 22.7 Å². The Hall–Kier alpha value is -0.850. The summed E-state index contributed by atoms with van der Waals surface area (Å²) in [6.07, 6.45) is 2.69. The first kappa shape index (κ1) is 14.6. The van der Waals surface area contributed by atoms with Gasteiger partial charge in [0, 0.05) is 11.1 Å². The molecular weight excluding hydrogens is 291 g/mol. The Bertz CT molecular complexity index is 592. The molecule has 1 fully saturated rings. The zero-order valence-electron chi connectivity index (χ0n) is 10.5. The Morgan fingerprint density at radius 3 is 2.68 bits per heavy atom. The summed E-state index contributed by atoms with van der Waals surface area (Å²) in [6.45, 7) is 1.98. The van der Waals surface area contributed by atoms with Gasteiger partial charge in [-0.15, -0.1) is 0 Å². The van der Waals surface area contributed by atoms with Gasteiger partial charge in [0.2, 0.25) is 10.0 Å². The Morgan fingerprint density at radius 1 is 1.42 bits per heavy atom. The fourth-order valence-electron chi connectivity index (χ4n) is 2.36. The minimum absolute atomic E-state index is 0.0961. The van der Waals surface area contributed by atoms with Crippen LogP contribution in [0.5, 0.6) is 0 Å². The van der Waals surface area contributed by atoms with E-state index in [0.29, 0.717) is 0 Å². The van der Waals surface area contributed by atoms with Gasteiger partial charge in [-0.3, -0.25) is 0 Å². The van der Waals surface area contributed by atoms with Crippen molar-refractivity contribution in [3.05, 3.63) is 23.0 Å². The normalized spacial score (nSPS) is 23.7. The predicted molar refractivity (Wildman–Crippen MR) is 72.9 cm³/mol. The molecule has 0 aromatic heterocycles. The molecule has 1 aliphatic carbocycles. The topological polar surface area (TPSA) is 72.2 Å². The lowest BCUT2D eigenvalue weighted by Crippen LogP contribution is -2.36. The Labute approximate surface area is 117 Å². The molecule has 0 spiro atoms. The van der Waals surface area contributed by atoms with Crippen molar-refractivity contribution < 1.29 is 12.8 Å². The molecule has 2 rings (SSSR count). The van der Waals surface area contributed by atoms with E-state index in [4.69, 9.17) is 17.3 Å². The van der Waals surface area contributed by atoms with Gasteiger partial charge in [-0.25, -0.2) is 17.5 Å². The van der Waals surface area contributed by atoms with Crippen molar-refractivity contribution >= 4 is 27.3 Å². The summed E-state index contributed by atoms with van der Waals surface area (Å²) >= 11 is 5.73. The summed E-state index contributed by atoms with van der Waals surface area (Å²) in [5, 5.41) is 0.0961. The van der Waals surface area contributed by atoms with Gasteiger partial charge in [0.1, 0.15) is 4.90 Å². The third-order valence-corrected chi connectivity index (χ3v) is 5.20. The average Bonchev–Trinajstić information content (AvgIpc) is 2.69. The fourth-order valence-corrected chi connectivity index (χ4v) is 4.17. The van der Waals surface area contributed by atoms with E-state index >= 15 is 0 Å². The number of hydrogen-bond donors (Lipinski definition) is 2. The quantitative estimate of drug-likeness (QED) is 0.843. The zero-order valence-corrected chi connectivity index (χ0v) is 12.1. The minimum Gasteiger partial charge on any atom is -0.396 e. The maximum absolute atomic E-state index is 13.8. The zero-order chi connectivity index (χ0) is 14.2. The number of benzene rings is 1. The molecule has 2 atom stereocenters. The van der Waals surface area contributed by atoms with Gasteiger partial charge in [0.15, 0.2) is 5.82 Å². The summed E-state index contributed by atoms with van der Waals surface area (Å²) in [5.41, 5.74) is 5.13. The number of anilines is 1. The highest BCUT2D eigenvalue weighted by molar-refractivity contribution is 7.89. The largest absolute Gasteiger partial charge is 0.396 e. The molecule has 0 saturated heterocycles. The SMILES string of the molecule is CC1CCCC1NS(=O)(=O)c1cc(Cl)cc(N)c1F. The van der Waals surface area contributed by atoms with E-state index in [9.17, 15) is 12.8 Å².